The Balaban J connectivity index is 2.78. The molecule has 1 heterocycles. The van der Waals surface area contributed by atoms with Crippen molar-refractivity contribution in [2.45, 2.75) is 26.3 Å². The summed E-state index contributed by atoms with van der Waals surface area (Å²) < 4.78 is 0. The molecule has 0 bridgehead atoms. The van der Waals surface area contributed by atoms with Crippen molar-refractivity contribution >= 4 is 0 Å². The molecular formula is C7H13N3. The van der Waals surface area contributed by atoms with Gasteiger partial charge in [0.15, 0.2) is 0 Å². The highest BCUT2D eigenvalue weighted by Gasteiger charge is 2.01. The van der Waals surface area contributed by atoms with E-state index in [9.17, 15) is 0 Å². The third-order valence-corrected chi connectivity index (χ3v) is 1.47. The lowest BCUT2D eigenvalue weighted by molar-refractivity contribution is 0.782. The van der Waals surface area contributed by atoms with Crippen molar-refractivity contribution in [1.82, 2.24) is 9.97 Å². The van der Waals surface area contributed by atoms with Gasteiger partial charge in [-0.15, -0.1) is 0 Å². The van der Waals surface area contributed by atoms with Gasteiger partial charge in [0, 0.05) is 18.7 Å². The predicted octanol–water partition coefficient (Wildman–Crippen LogP) is 0.992. The van der Waals surface area contributed by atoms with Crippen LogP contribution in [0.25, 0.3) is 0 Å². The lowest BCUT2D eigenvalue weighted by Crippen LogP contribution is -2.05. The number of rotatable bonds is 2. The summed E-state index contributed by atoms with van der Waals surface area (Å²) in [5.74, 6) is 1.01. The molecule has 1 atom stereocenters. The van der Waals surface area contributed by atoms with Crippen molar-refractivity contribution in [1.29, 1.82) is 0 Å². The van der Waals surface area contributed by atoms with Crippen molar-refractivity contribution in [3.63, 3.8) is 0 Å². The number of H-pyrrole nitrogens is 1. The Morgan fingerprint density at radius 3 is 2.80 bits per heavy atom. The highest BCUT2D eigenvalue weighted by Crippen LogP contribution is 2.05. The Labute approximate surface area is 60.7 Å². The molecule has 0 spiro atoms. The molecule has 10 heavy (non-hydrogen) atoms. The zero-order valence-corrected chi connectivity index (χ0v) is 6.39. The van der Waals surface area contributed by atoms with Gasteiger partial charge >= 0.3 is 0 Å². The van der Waals surface area contributed by atoms with Crippen LogP contribution in [0.2, 0.25) is 0 Å². The minimum absolute atomic E-state index is 0.0628. The van der Waals surface area contributed by atoms with Gasteiger partial charge in [0.2, 0.25) is 0 Å². The van der Waals surface area contributed by atoms with Gasteiger partial charge in [0.1, 0.15) is 5.82 Å². The van der Waals surface area contributed by atoms with Crippen molar-refractivity contribution in [2.24, 2.45) is 5.73 Å². The highest BCUT2D eigenvalue weighted by atomic mass is 14.9. The second kappa shape index (κ2) is 2.84. The number of aryl methyl sites for hydroxylation is 1. The Morgan fingerprint density at radius 2 is 2.50 bits per heavy atom. The van der Waals surface area contributed by atoms with Crippen LogP contribution in [0.15, 0.2) is 6.20 Å². The Morgan fingerprint density at radius 1 is 1.80 bits per heavy atom. The Bertz CT molecular complexity index is 202. The second-order valence-electron chi connectivity index (χ2n) is 2.43. The van der Waals surface area contributed by atoms with Gasteiger partial charge in [-0.1, -0.05) is 6.92 Å². The molecule has 0 saturated carbocycles. The predicted molar refractivity (Wildman–Crippen MR) is 40.6 cm³/mol. The first-order valence-corrected chi connectivity index (χ1v) is 3.53. The van der Waals surface area contributed by atoms with Crippen LogP contribution in [-0.2, 0) is 6.42 Å². The summed E-state index contributed by atoms with van der Waals surface area (Å²) in [5, 5.41) is 0. The van der Waals surface area contributed by atoms with Crippen LogP contribution in [-0.4, -0.2) is 9.97 Å². The van der Waals surface area contributed by atoms with Gasteiger partial charge in [-0.2, -0.15) is 0 Å². The average molecular weight is 139 g/mol. The van der Waals surface area contributed by atoms with Crippen LogP contribution in [0, 0.1) is 0 Å². The number of aromatic amines is 1. The number of nitrogens with zero attached hydrogens (tertiary/aromatic N) is 1. The molecular weight excluding hydrogens is 126 g/mol. The zero-order chi connectivity index (χ0) is 7.56. The summed E-state index contributed by atoms with van der Waals surface area (Å²) in [6.07, 6.45) is 2.73. The highest BCUT2D eigenvalue weighted by molar-refractivity contribution is 5.04. The molecule has 0 aliphatic heterocycles. The lowest BCUT2D eigenvalue weighted by atomic mass is 10.3. The van der Waals surface area contributed by atoms with Gasteiger partial charge < -0.3 is 10.7 Å². The van der Waals surface area contributed by atoms with E-state index < -0.39 is 0 Å². The summed E-state index contributed by atoms with van der Waals surface area (Å²) >= 11 is 0. The molecule has 0 aromatic carbocycles. The third kappa shape index (κ3) is 1.36. The molecule has 0 saturated heterocycles. The molecule has 0 radical (unpaired) electrons. The SMILES string of the molecule is CCc1ncc(C(C)N)[nH]1. The van der Waals surface area contributed by atoms with E-state index in [4.69, 9.17) is 5.73 Å². The van der Waals surface area contributed by atoms with Crippen molar-refractivity contribution < 1.29 is 0 Å². The normalized spacial score (nSPS) is 13.5. The van der Waals surface area contributed by atoms with Gasteiger partial charge in [0.05, 0.1) is 5.69 Å². The molecule has 3 nitrogen and oxygen atoms in total. The van der Waals surface area contributed by atoms with E-state index in [2.05, 4.69) is 16.9 Å². The number of imidazole rings is 1. The van der Waals surface area contributed by atoms with Gasteiger partial charge in [-0.25, -0.2) is 4.98 Å². The number of nitrogens with two attached hydrogens (primary N) is 1. The first-order valence-electron chi connectivity index (χ1n) is 3.53. The second-order valence-corrected chi connectivity index (χ2v) is 2.43. The minimum atomic E-state index is 0.0628. The minimum Gasteiger partial charge on any atom is -0.345 e. The summed E-state index contributed by atoms with van der Waals surface area (Å²) in [6, 6.07) is 0.0628. The van der Waals surface area contributed by atoms with Gasteiger partial charge in [0.25, 0.3) is 0 Å². The van der Waals surface area contributed by atoms with Crippen LogP contribution in [0.3, 0.4) is 0 Å². The summed E-state index contributed by atoms with van der Waals surface area (Å²) in [4.78, 5) is 7.25. The van der Waals surface area contributed by atoms with E-state index in [1.807, 2.05) is 6.92 Å². The first kappa shape index (κ1) is 7.28. The molecule has 0 fully saturated rings. The van der Waals surface area contributed by atoms with E-state index in [0.29, 0.717) is 0 Å². The molecule has 3 N–H and O–H groups in total. The lowest BCUT2D eigenvalue weighted by Gasteiger charge is -1.97. The van der Waals surface area contributed by atoms with Crippen molar-refractivity contribution in [2.75, 3.05) is 0 Å². The van der Waals surface area contributed by atoms with E-state index in [-0.39, 0.29) is 6.04 Å². The van der Waals surface area contributed by atoms with Gasteiger partial charge in [-0.05, 0) is 6.92 Å². The van der Waals surface area contributed by atoms with E-state index >= 15 is 0 Å². The topological polar surface area (TPSA) is 54.7 Å². The number of aromatic nitrogens is 2. The first-order chi connectivity index (χ1) is 4.74. The largest absolute Gasteiger partial charge is 0.345 e. The van der Waals surface area contributed by atoms with Crippen molar-refractivity contribution in [3.8, 4) is 0 Å². The fourth-order valence-electron chi connectivity index (χ4n) is 0.790. The molecule has 1 aromatic rings. The molecule has 0 amide bonds. The third-order valence-electron chi connectivity index (χ3n) is 1.47. The van der Waals surface area contributed by atoms with E-state index in [1.54, 1.807) is 6.20 Å². The Hall–Kier alpha value is -0.830. The Kier molecular flexibility index (Phi) is 2.06. The summed E-state index contributed by atoms with van der Waals surface area (Å²) in [5.41, 5.74) is 6.62. The zero-order valence-electron chi connectivity index (χ0n) is 6.39. The van der Waals surface area contributed by atoms with Crippen LogP contribution in [0.4, 0.5) is 0 Å². The quantitative estimate of drug-likeness (QED) is 0.642. The number of hydrogen-bond donors (Lipinski definition) is 2. The summed E-state index contributed by atoms with van der Waals surface area (Å²) in [7, 11) is 0. The maximum Gasteiger partial charge on any atom is 0.105 e. The van der Waals surface area contributed by atoms with E-state index in [1.165, 1.54) is 0 Å². The molecule has 0 aliphatic carbocycles. The molecule has 1 unspecified atom stereocenters. The standard InChI is InChI=1S/C7H13N3/c1-3-7-9-4-6(10-7)5(2)8/h4-5H,3,8H2,1-2H3,(H,9,10). The van der Waals surface area contributed by atoms with E-state index in [0.717, 1.165) is 17.9 Å². The average Bonchev–Trinajstić information content (AvgIpc) is 2.34. The van der Waals surface area contributed by atoms with Crippen molar-refractivity contribution in [3.05, 3.63) is 17.7 Å². The molecule has 56 valence electrons. The van der Waals surface area contributed by atoms with Crippen LogP contribution in [0.1, 0.15) is 31.4 Å². The maximum absolute atomic E-state index is 5.61. The smallest absolute Gasteiger partial charge is 0.105 e. The summed E-state index contributed by atoms with van der Waals surface area (Å²) in [6.45, 7) is 4.00. The molecule has 0 aliphatic rings. The molecule has 3 heteroatoms. The maximum atomic E-state index is 5.61. The fraction of sp³-hybridized carbons (Fsp3) is 0.571. The number of hydrogen-bond acceptors (Lipinski definition) is 2. The van der Waals surface area contributed by atoms with Gasteiger partial charge in [-0.3, -0.25) is 0 Å². The van der Waals surface area contributed by atoms with Crippen LogP contribution >= 0.6 is 0 Å². The monoisotopic (exact) mass is 139 g/mol. The molecule has 1 aromatic heterocycles. The molecule has 1 rings (SSSR count). The fourth-order valence-corrected chi connectivity index (χ4v) is 0.790. The van der Waals surface area contributed by atoms with Crippen LogP contribution in [0.5, 0.6) is 0 Å². The van der Waals surface area contributed by atoms with Crippen LogP contribution < -0.4 is 5.73 Å². The number of nitrogens with one attached hydrogen (secondary N) is 1.